The first-order valence-corrected chi connectivity index (χ1v) is 7.37. The predicted octanol–water partition coefficient (Wildman–Crippen LogP) is 2.78. The van der Waals surface area contributed by atoms with Crippen molar-refractivity contribution in [2.45, 2.75) is 18.9 Å². The summed E-state index contributed by atoms with van der Waals surface area (Å²) in [6.07, 6.45) is 2.83. The van der Waals surface area contributed by atoms with E-state index in [1.165, 1.54) is 17.4 Å². The number of aliphatic hydroxyl groups is 1. The Morgan fingerprint density at radius 2 is 2.19 bits per heavy atom. The van der Waals surface area contributed by atoms with Crippen LogP contribution in [-0.2, 0) is 6.42 Å². The molecule has 1 atom stereocenters. The quantitative estimate of drug-likeness (QED) is 0.895. The summed E-state index contributed by atoms with van der Waals surface area (Å²) in [6.45, 7) is 1.07. The second-order valence-electron chi connectivity index (χ2n) is 5.44. The van der Waals surface area contributed by atoms with Crippen LogP contribution in [0.1, 0.15) is 29.2 Å². The Balaban J connectivity index is 1.98. The molecule has 0 amide bonds. The molecule has 110 valence electrons. The van der Waals surface area contributed by atoms with Crippen molar-refractivity contribution in [1.29, 1.82) is 0 Å². The van der Waals surface area contributed by atoms with E-state index in [1.807, 2.05) is 6.07 Å². The number of aliphatic hydroxyl groups excluding tert-OH is 1. The number of aryl methyl sites for hydroxylation is 1. The van der Waals surface area contributed by atoms with E-state index in [1.54, 1.807) is 6.07 Å². The van der Waals surface area contributed by atoms with Gasteiger partial charge in [0.2, 0.25) is 0 Å². The van der Waals surface area contributed by atoms with Gasteiger partial charge in [-0.3, -0.25) is 0 Å². The zero-order valence-corrected chi connectivity index (χ0v) is 12.6. The number of benzene rings is 1. The van der Waals surface area contributed by atoms with Gasteiger partial charge in [0, 0.05) is 31.0 Å². The van der Waals surface area contributed by atoms with Gasteiger partial charge in [-0.1, -0.05) is 23.7 Å². The molecular formula is C16H18ClN3O. The van der Waals surface area contributed by atoms with Crippen LogP contribution in [0, 0.1) is 0 Å². The van der Waals surface area contributed by atoms with Crippen LogP contribution in [0.4, 0.5) is 11.5 Å². The standard InChI is InChI=1S/C16H18ClN3O/c1-20-6-2-3-10-7-11(4-5-14(10)20)15(21)13-8-12(17)9-19-16(13)18/h4-5,7-9,15,21H,2-3,6H2,1H3,(H2,18,19). The van der Waals surface area contributed by atoms with Crippen LogP contribution >= 0.6 is 11.6 Å². The third-order valence-electron chi connectivity index (χ3n) is 3.98. The van der Waals surface area contributed by atoms with Crippen LogP contribution in [0.15, 0.2) is 30.5 Å². The summed E-state index contributed by atoms with van der Waals surface area (Å²) in [4.78, 5) is 6.24. The highest BCUT2D eigenvalue weighted by atomic mass is 35.5. The lowest BCUT2D eigenvalue weighted by molar-refractivity contribution is 0.220. The number of halogens is 1. The third kappa shape index (κ3) is 2.69. The summed E-state index contributed by atoms with van der Waals surface area (Å²) in [7, 11) is 2.09. The molecule has 0 aliphatic carbocycles. The molecule has 2 heterocycles. The molecule has 0 fully saturated rings. The Morgan fingerprint density at radius 3 is 3.00 bits per heavy atom. The topological polar surface area (TPSA) is 62.4 Å². The molecule has 1 aromatic carbocycles. The monoisotopic (exact) mass is 303 g/mol. The van der Waals surface area contributed by atoms with Crippen LogP contribution in [0.5, 0.6) is 0 Å². The van der Waals surface area contributed by atoms with E-state index in [-0.39, 0.29) is 0 Å². The van der Waals surface area contributed by atoms with Crippen molar-refractivity contribution in [2.75, 3.05) is 24.2 Å². The minimum Gasteiger partial charge on any atom is -0.384 e. The number of nitrogens with zero attached hydrogens (tertiary/aromatic N) is 2. The minimum atomic E-state index is -0.811. The maximum absolute atomic E-state index is 10.6. The number of aromatic nitrogens is 1. The second-order valence-corrected chi connectivity index (χ2v) is 5.88. The maximum atomic E-state index is 10.6. The molecule has 21 heavy (non-hydrogen) atoms. The molecule has 2 aromatic rings. The first-order chi connectivity index (χ1) is 10.1. The van der Waals surface area contributed by atoms with Gasteiger partial charge >= 0.3 is 0 Å². The molecule has 0 radical (unpaired) electrons. The zero-order chi connectivity index (χ0) is 15.0. The lowest BCUT2D eigenvalue weighted by Crippen LogP contribution is -2.24. The molecule has 0 saturated carbocycles. The Bertz CT molecular complexity index is 675. The average molecular weight is 304 g/mol. The van der Waals surface area contributed by atoms with E-state index in [0.717, 1.165) is 24.9 Å². The Morgan fingerprint density at radius 1 is 1.38 bits per heavy atom. The average Bonchev–Trinajstić information content (AvgIpc) is 2.49. The molecular weight excluding hydrogens is 286 g/mol. The first kappa shape index (κ1) is 14.2. The number of nitrogens with two attached hydrogens (primary N) is 1. The first-order valence-electron chi connectivity index (χ1n) is 6.99. The van der Waals surface area contributed by atoms with E-state index in [0.29, 0.717) is 16.4 Å². The number of anilines is 2. The van der Waals surface area contributed by atoms with Crippen molar-refractivity contribution in [3.05, 3.63) is 52.2 Å². The molecule has 1 aliphatic rings. The molecule has 1 unspecified atom stereocenters. The lowest BCUT2D eigenvalue weighted by atomic mass is 9.95. The molecule has 0 bridgehead atoms. The van der Waals surface area contributed by atoms with Gasteiger partial charge in [-0.05, 0) is 36.1 Å². The third-order valence-corrected chi connectivity index (χ3v) is 4.19. The van der Waals surface area contributed by atoms with Crippen LogP contribution in [-0.4, -0.2) is 23.7 Å². The van der Waals surface area contributed by atoms with Crippen molar-refractivity contribution >= 4 is 23.1 Å². The van der Waals surface area contributed by atoms with Gasteiger partial charge in [-0.15, -0.1) is 0 Å². The van der Waals surface area contributed by atoms with Crippen LogP contribution in [0.2, 0.25) is 5.02 Å². The van der Waals surface area contributed by atoms with Crippen molar-refractivity contribution in [2.24, 2.45) is 0 Å². The number of hydrogen-bond donors (Lipinski definition) is 2. The SMILES string of the molecule is CN1CCCc2cc(C(O)c3cc(Cl)cnc3N)ccc21. The number of nitrogen functional groups attached to an aromatic ring is 1. The normalized spacial score (nSPS) is 15.7. The number of hydrogen-bond acceptors (Lipinski definition) is 4. The Labute approximate surface area is 129 Å². The van der Waals surface area contributed by atoms with E-state index in [9.17, 15) is 5.11 Å². The van der Waals surface area contributed by atoms with E-state index >= 15 is 0 Å². The molecule has 5 heteroatoms. The fraction of sp³-hybridized carbons (Fsp3) is 0.312. The molecule has 1 aromatic heterocycles. The second kappa shape index (κ2) is 5.54. The van der Waals surface area contributed by atoms with Crippen molar-refractivity contribution < 1.29 is 5.11 Å². The fourth-order valence-electron chi connectivity index (χ4n) is 2.84. The largest absolute Gasteiger partial charge is 0.384 e. The van der Waals surface area contributed by atoms with Crippen LogP contribution < -0.4 is 10.6 Å². The summed E-state index contributed by atoms with van der Waals surface area (Å²) < 4.78 is 0. The zero-order valence-electron chi connectivity index (χ0n) is 11.9. The van der Waals surface area contributed by atoms with Crippen LogP contribution in [0.25, 0.3) is 0 Å². The number of rotatable bonds is 2. The predicted molar refractivity (Wildman–Crippen MR) is 85.8 cm³/mol. The number of fused-ring (bicyclic) bond motifs is 1. The minimum absolute atomic E-state index is 0.307. The number of pyridine rings is 1. The fourth-order valence-corrected chi connectivity index (χ4v) is 3.01. The summed E-state index contributed by atoms with van der Waals surface area (Å²) in [5, 5.41) is 11.0. The van der Waals surface area contributed by atoms with Gasteiger partial charge in [-0.25, -0.2) is 4.98 Å². The maximum Gasteiger partial charge on any atom is 0.129 e. The Kier molecular flexibility index (Phi) is 3.74. The van der Waals surface area contributed by atoms with E-state index in [4.69, 9.17) is 17.3 Å². The summed E-state index contributed by atoms with van der Waals surface area (Å²) >= 11 is 5.95. The summed E-state index contributed by atoms with van der Waals surface area (Å²) in [5.74, 6) is 0.307. The van der Waals surface area contributed by atoms with Crippen molar-refractivity contribution in [1.82, 2.24) is 4.98 Å². The van der Waals surface area contributed by atoms with E-state index < -0.39 is 6.10 Å². The highest BCUT2D eigenvalue weighted by Gasteiger charge is 2.19. The molecule has 4 nitrogen and oxygen atoms in total. The van der Waals surface area contributed by atoms with Gasteiger partial charge < -0.3 is 15.7 Å². The molecule has 0 saturated heterocycles. The Hall–Kier alpha value is -1.78. The summed E-state index contributed by atoms with van der Waals surface area (Å²) in [6, 6.07) is 7.71. The van der Waals surface area contributed by atoms with Crippen LogP contribution in [0.3, 0.4) is 0 Å². The highest BCUT2D eigenvalue weighted by molar-refractivity contribution is 6.30. The van der Waals surface area contributed by atoms with Gasteiger partial charge in [0.1, 0.15) is 11.9 Å². The molecule has 3 rings (SSSR count). The lowest BCUT2D eigenvalue weighted by Gasteiger charge is -2.28. The highest BCUT2D eigenvalue weighted by Crippen LogP contribution is 2.32. The van der Waals surface area contributed by atoms with E-state index in [2.05, 4.69) is 29.1 Å². The van der Waals surface area contributed by atoms with Gasteiger partial charge in [0.25, 0.3) is 0 Å². The van der Waals surface area contributed by atoms with Crippen molar-refractivity contribution in [3.63, 3.8) is 0 Å². The molecule has 0 spiro atoms. The molecule has 3 N–H and O–H groups in total. The molecule has 1 aliphatic heterocycles. The van der Waals surface area contributed by atoms with Gasteiger partial charge in [-0.2, -0.15) is 0 Å². The van der Waals surface area contributed by atoms with Crippen molar-refractivity contribution in [3.8, 4) is 0 Å². The summed E-state index contributed by atoms with van der Waals surface area (Å²) in [5.41, 5.74) is 9.71. The van der Waals surface area contributed by atoms with Gasteiger partial charge in [0.15, 0.2) is 0 Å². The van der Waals surface area contributed by atoms with Gasteiger partial charge in [0.05, 0.1) is 5.02 Å². The smallest absolute Gasteiger partial charge is 0.129 e.